The van der Waals surface area contributed by atoms with Crippen molar-refractivity contribution >= 4 is 11.6 Å². The molecule has 1 aliphatic carbocycles. The van der Waals surface area contributed by atoms with Gasteiger partial charge in [-0.25, -0.2) is 0 Å². The van der Waals surface area contributed by atoms with Gasteiger partial charge in [0.2, 0.25) is 6.04 Å². The van der Waals surface area contributed by atoms with Crippen LogP contribution in [0.1, 0.15) is 33.1 Å². The topological polar surface area (TPSA) is 46.4 Å². The third-order valence-electron chi connectivity index (χ3n) is 3.59. The van der Waals surface area contributed by atoms with Crippen molar-refractivity contribution in [3.05, 3.63) is 22.3 Å². The second-order valence-electron chi connectivity index (χ2n) is 5.31. The summed E-state index contributed by atoms with van der Waals surface area (Å²) in [6.07, 6.45) is 1.97. The molecule has 0 bridgehead atoms. The molecule has 4 nitrogen and oxygen atoms in total. The Morgan fingerprint density at radius 2 is 2.22 bits per heavy atom. The second kappa shape index (κ2) is 7.10. The van der Waals surface area contributed by atoms with Gasteiger partial charge < -0.3 is 0 Å². The number of rotatable bonds is 6. The summed E-state index contributed by atoms with van der Waals surface area (Å²) in [6, 6.07) is -0.409. The molecule has 0 aliphatic heterocycles. The van der Waals surface area contributed by atoms with Crippen molar-refractivity contribution in [2.75, 3.05) is 19.6 Å². The molecule has 0 saturated heterocycles. The minimum absolute atomic E-state index is 0.0698. The summed E-state index contributed by atoms with van der Waals surface area (Å²) in [5.41, 5.74) is 1.12. The molecule has 18 heavy (non-hydrogen) atoms. The van der Waals surface area contributed by atoms with Crippen molar-refractivity contribution in [1.29, 1.82) is 0 Å². The zero-order chi connectivity index (χ0) is 13.7. The van der Waals surface area contributed by atoms with Gasteiger partial charge in [-0.2, -0.15) is 0 Å². The average molecular weight is 275 g/mol. The third kappa shape index (κ3) is 4.58. The zero-order valence-electron chi connectivity index (χ0n) is 11.3. The van der Waals surface area contributed by atoms with Crippen LogP contribution in [0.5, 0.6) is 0 Å². The predicted octanol–water partition coefficient (Wildman–Crippen LogP) is 2.94. The van der Waals surface area contributed by atoms with Gasteiger partial charge in [0.05, 0.1) is 0 Å². The highest BCUT2D eigenvalue weighted by atomic mass is 35.5. The number of likely N-dealkylation sites (N-methyl/N-ethyl adjacent to an activating group) is 1. The van der Waals surface area contributed by atoms with Crippen LogP contribution < -0.4 is 0 Å². The van der Waals surface area contributed by atoms with Gasteiger partial charge >= 0.3 is 0 Å². The van der Waals surface area contributed by atoms with Crippen LogP contribution in [-0.2, 0) is 0 Å². The van der Waals surface area contributed by atoms with E-state index in [1.54, 1.807) is 0 Å². The lowest BCUT2D eigenvalue weighted by Crippen LogP contribution is -2.40. The summed E-state index contributed by atoms with van der Waals surface area (Å²) in [5, 5.41) is 10.9. The van der Waals surface area contributed by atoms with Crippen LogP contribution in [0.15, 0.2) is 12.2 Å². The molecule has 3 unspecified atom stereocenters. The van der Waals surface area contributed by atoms with Crippen molar-refractivity contribution in [3.63, 3.8) is 0 Å². The van der Waals surface area contributed by atoms with Gasteiger partial charge in [0, 0.05) is 36.2 Å². The molecule has 0 aromatic rings. The molecule has 1 fully saturated rings. The summed E-state index contributed by atoms with van der Waals surface area (Å²) >= 11 is 6.32. The Bertz CT molecular complexity index is 309. The predicted molar refractivity (Wildman–Crippen MR) is 74.7 cm³/mol. The van der Waals surface area contributed by atoms with E-state index >= 15 is 0 Å². The van der Waals surface area contributed by atoms with E-state index in [4.69, 9.17) is 11.6 Å². The molecule has 0 heterocycles. The first-order valence-corrected chi connectivity index (χ1v) is 7.02. The molecule has 0 N–H and O–H groups in total. The first kappa shape index (κ1) is 15.4. The smallest absolute Gasteiger partial charge is 0.213 e. The Balaban J connectivity index is 2.56. The van der Waals surface area contributed by atoms with Gasteiger partial charge in [-0.15, -0.1) is 11.6 Å². The second-order valence-corrected chi connectivity index (χ2v) is 5.87. The monoisotopic (exact) mass is 274 g/mol. The molecule has 0 spiro atoms. The van der Waals surface area contributed by atoms with E-state index in [-0.39, 0.29) is 16.2 Å². The van der Waals surface area contributed by atoms with Crippen LogP contribution in [0, 0.1) is 16.0 Å². The van der Waals surface area contributed by atoms with Crippen molar-refractivity contribution in [3.8, 4) is 0 Å². The van der Waals surface area contributed by atoms with Crippen LogP contribution >= 0.6 is 11.6 Å². The number of nitro groups is 1. The molecular weight excluding hydrogens is 252 g/mol. The summed E-state index contributed by atoms with van der Waals surface area (Å²) in [7, 11) is 0. The number of alkyl halides is 1. The van der Waals surface area contributed by atoms with Crippen LogP contribution in [0.4, 0.5) is 0 Å². The summed E-state index contributed by atoms with van der Waals surface area (Å²) in [4.78, 5) is 13.0. The van der Waals surface area contributed by atoms with Gasteiger partial charge in [0.15, 0.2) is 0 Å². The van der Waals surface area contributed by atoms with Crippen LogP contribution in [-0.4, -0.2) is 40.9 Å². The number of hydrogen-bond acceptors (Lipinski definition) is 3. The lowest BCUT2D eigenvalue weighted by Gasteiger charge is -2.33. The first-order chi connectivity index (χ1) is 8.43. The molecule has 0 radical (unpaired) electrons. The molecular formula is C13H23ClN2O2. The maximum atomic E-state index is 10.9. The normalized spacial score (nSPS) is 28.3. The largest absolute Gasteiger partial charge is 0.299 e. The molecule has 3 atom stereocenters. The highest BCUT2D eigenvalue weighted by Crippen LogP contribution is 2.31. The fourth-order valence-corrected chi connectivity index (χ4v) is 2.91. The number of halogens is 1. The minimum atomic E-state index is -0.409. The van der Waals surface area contributed by atoms with Crippen molar-refractivity contribution in [1.82, 2.24) is 4.90 Å². The average Bonchev–Trinajstić information content (AvgIpc) is 2.29. The molecule has 1 rings (SSSR count). The highest BCUT2D eigenvalue weighted by Gasteiger charge is 2.35. The lowest BCUT2D eigenvalue weighted by molar-refractivity contribution is -0.527. The van der Waals surface area contributed by atoms with Gasteiger partial charge in [0.1, 0.15) is 0 Å². The summed E-state index contributed by atoms with van der Waals surface area (Å²) in [6.45, 7) is 10.6. The Kier molecular flexibility index (Phi) is 6.09. The van der Waals surface area contributed by atoms with Crippen molar-refractivity contribution in [2.45, 2.75) is 44.5 Å². The van der Waals surface area contributed by atoms with Crippen molar-refractivity contribution < 1.29 is 4.92 Å². The maximum absolute atomic E-state index is 10.9. The fraction of sp³-hybridized carbons (Fsp3) is 0.846. The molecule has 0 aromatic heterocycles. The fourth-order valence-electron chi connectivity index (χ4n) is 2.60. The molecule has 5 heteroatoms. The van der Waals surface area contributed by atoms with Crippen molar-refractivity contribution in [2.24, 2.45) is 5.92 Å². The summed E-state index contributed by atoms with van der Waals surface area (Å²) in [5.74, 6) is 0.218. The van der Waals surface area contributed by atoms with E-state index in [0.29, 0.717) is 12.8 Å². The standard InChI is InChI=1S/C13H23ClN2O2/c1-4-15(8-10(2)3)9-11-7-12(16(17)18)5-6-13(11)14/h11-13H,2,4-9H2,1,3H3. The molecule has 1 aliphatic rings. The Labute approximate surface area is 114 Å². The molecule has 1 saturated carbocycles. The van der Waals surface area contributed by atoms with Crippen LogP contribution in [0.2, 0.25) is 0 Å². The maximum Gasteiger partial charge on any atom is 0.213 e. The number of hydrogen-bond donors (Lipinski definition) is 0. The van der Waals surface area contributed by atoms with E-state index in [1.165, 1.54) is 0 Å². The minimum Gasteiger partial charge on any atom is -0.299 e. The number of nitrogens with zero attached hydrogens (tertiary/aromatic N) is 2. The molecule has 104 valence electrons. The highest BCUT2D eigenvalue weighted by molar-refractivity contribution is 6.20. The van der Waals surface area contributed by atoms with E-state index in [1.807, 2.05) is 6.92 Å². The van der Waals surface area contributed by atoms with E-state index < -0.39 is 6.04 Å². The zero-order valence-corrected chi connectivity index (χ0v) is 12.0. The Morgan fingerprint density at radius 3 is 2.72 bits per heavy atom. The molecule has 0 aromatic carbocycles. The van der Waals surface area contributed by atoms with Gasteiger partial charge in [0.25, 0.3) is 0 Å². The van der Waals surface area contributed by atoms with Gasteiger partial charge in [-0.3, -0.25) is 15.0 Å². The quantitative estimate of drug-likeness (QED) is 0.324. The first-order valence-electron chi connectivity index (χ1n) is 6.58. The molecule has 0 amide bonds. The van der Waals surface area contributed by atoms with Crippen LogP contribution in [0.25, 0.3) is 0 Å². The van der Waals surface area contributed by atoms with Gasteiger partial charge in [-0.05, 0) is 25.8 Å². The van der Waals surface area contributed by atoms with E-state index in [9.17, 15) is 10.1 Å². The Morgan fingerprint density at radius 1 is 1.56 bits per heavy atom. The Hall–Kier alpha value is -0.610. The van der Waals surface area contributed by atoms with E-state index in [2.05, 4.69) is 18.4 Å². The van der Waals surface area contributed by atoms with Crippen LogP contribution in [0.3, 0.4) is 0 Å². The lowest BCUT2D eigenvalue weighted by atomic mass is 9.85. The third-order valence-corrected chi connectivity index (χ3v) is 4.17. The summed E-state index contributed by atoms with van der Waals surface area (Å²) < 4.78 is 0. The SMILES string of the molecule is C=C(C)CN(CC)CC1CC([N+](=O)[O-])CCC1Cl. The van der Waals surface area contributed by atoms with E-state index in [0.717, 1.165) is 31.6 Å². The van der Waals surface area contributed by atoms with Gasteiger partial charge in [-0.1, -0.05) is 19.1 Å².